The highest BCUT2D eigenvalue weighted by Gasteiger charge is 2.28. The summed E-state index contributed by atoms with van der Waals surface area (Å²) >= 11 is 0. The lowest BCUT2D eigenvalue weighted by Crippen LogP contribution is -2.15. The quantitative estimate of drug-likeness (QED) is 0.912. The molecule has 1 aromatic carbocycles. The van der Waals surface area contributed by atoms with Gasteiger partial charge in [0.2, 0.25) is 0 Å². The van der Waals surface area contributed by atoms with Gasteiger partial charge in [0, 0.05) is 36.6 Å². The molecule has 0 radical (unpaired) electrons. The summed E-state index contributed by atoms with van der Waals surface area (Å²) in [7, 11) is 1.86. The van der Waals surface area contributed by atoms with E-state index < -0.39 is 18.6 Å². The van der Waals surface area contributed by atoms with Crippen LogP contribution in [0.3, 0.4) is 0 Å². The van der Waals surface area contributed by atoms with E-state index in [-0.39, 0.29) is 18.8 Å². The largest absolute Gasteiger partial charge is 0.389 e. The fourth-order valence-corrected chi connectivity index (χ4v) is 2.14. The number of alkyl halides is 3. The first-order chi connectivity index (χ1) is 8.38. The van der Waals surface area contributed by atoms with Crippen molar-refractivity contribution in [3.63, 3.8) is 0 Å². The van der Waals surface area contributed by atoms with Crippen LogP contribution in [0.15, 0.2) is 30.5 Å². The molecule has 19 heavy (non-hydrogen) atoms. The number of aryl methyl sites for hydroxylation is 1. The Balaban J connectivity index is 0.00000180. The second kappa shape index (κ2) is 5.84. The number of hydrogen-bond donors (Lipinski definition) is 1. The van der Waals surface area contributed by atoms with E-state index >= 15 is 0 Å². The Hall–Kier alpha value is -1.20. The molecule has 2 N–H and O–H groups in total. The zero-order chi connectivity index (χ0) is 13.3. The fraction of sp³-hybridized carbons (Fsp3) is 0.385. The van der Waals surface area contributed by atoms with E-state index in [4.69, 9.17) is 5.73 Å². The molecule has 0 unspecified atom stereocenters. The maximum atomic E-state index is 12.2. The third-order valence-corrected chi connectivity index (χ3v) is 3.07. The van der Waals surface area contributed by atoms with Crippen LogP contribution < -0.4 is 5.73 Å². The van der Waals surface area contributed by atoms with Gasteiger partial charge >= 0.3 is 6.18 Å². The molecule has 0 amide bonds. The number of halogens is 4. The number of aromatic nitrogens is 1. The van der Waals surface area contributed by atoms with Crippen molar-refractivity contribution in [3.05, 3.63) is 36.0 Å². The van der Waals surface area contributed by atoms with E-state index in [0.29, 0.717) is 0 Å². The molecule has 0 aliphatic rings. The molecule has 0 spiro atoms. The monoisotopic (exact) mass is 292 g/mol. The summed E-state index contributed by atoms with van der Waals surface area (Å²) in [5.74, 6) is 0. The molecular formula is C13H16ClF3N2. The molecule has 6 heteroatoms. The molecule has 0 aliphatic carbocycles. The van der Waals surface area contributed by atoms with Crippen LogP contribution in [0.5, 0.6) is 0 Å². The molecule has 2 aromatic rings. The van der Waals surface area contributed by atoms with Gasteiger partial charge in [0.15, 0.2) is 0 Å². The Morgan fingerprint density at radius 1 is 1.26 bits per heavy atom. The average Bonchev–Trinajstić information content (AvgIpc) is 2.64. The lowest BCUT2D eigenvalue weighted by molar-refractivity contribution is -0.136. The summed E-state index contributed by atoms with van der Waals surface area (Å²) < 4.78 is 38.5. The number of nitrogens with zero attached hydrogens (tertiary/aromatic N) is 1. The molecule has 0 aliphatic heterocycles. The molecule has 106 valence electrons. The summed E-state index contributed by atoms with van der Waals surface area (Å²) in [6, 6.07) is 6.99. The van der Waals surface area contributed by atoms with E-state index in [0.717, 1.165) is 16.5 Å². The van der Waals surface area contributed by atoms with E-state index in [2.05, 4.69) is 0 Å². The minimum atomic E-state index is -4.15. The number of fused-ring (bicyclic) bond motifs is 1. The summed E-state index contributed by atoms with van der Waals surface area (Å²) in [4.78, 5) is 0. The van der Waals surface area contributed by atoms with Crippen LogP contribution in [0.4, 0.5) is 13.2 Å². The van der Waals surface area contributed by atoms with E-state index in [9.17, 15) is 13.2 Å². The number of nitrogens with two attached hydrogens (primary N) is 1. The van der Waals surface area contributed by atoms with E-state index in [1.807, 2.05) is 42.1 Å². The van der Waals surface area contributed by atoms with Gasteiger partial charge in [-0.15, -0.1) is 12.4 Å². The lowest BCUT2D eigenvalue weighted by Gasteiger charge is -2.12. The Labute approximate surface area is 115 Å². The van der Waals surface area contributed by atoms with Gasteiger partial charge in [0.25, 0.3) is 0 Å². The molecule has 0 fully saturated rings. The van der Waals surface area contributed by atoms with Crippen LogP contribution in [0.2, 0.25) is 0 Å². The van der Waals surface area contributed by atoms with Gasteiger partial charge in [-0.3, -0.25) is 0 Å². The van der Waals surface area contributed by atoms with Crippen LogP contribution in [0.1, 0.15) is 24.4 Å². The number of hydrogen-bond acceptors (Lipinski definition) is 1. The van der Waals surface area contributed by atoms with Crippen molar-refractivity contribution >= 4 is 23.3 Å². The van der Waals surface area contributed by atoms with Crippen molar-refractivity contribution in [1.82, 2.24) is 4.57 Å². The molecule has 2 nitrogen and oxygen atoms in total. The molecule has 0 saturated carbocycles. The molecule has 1 heterocycles. The Bertz CT molecular complexity index is 548. The second-order valence-corrected chi connectivity index (χ2v) is 4.47. The van der Waals surface area contributed by atoms with Crippen LogP contribution in [0.25, 0.3) is 10.9 Å². The second-order valence-electron chi connectivity index (χ2n) is 4.47. The smallest absolute Gasteiger partial charge is 0.350 e. The zero-order valence-electron chi connectivity index (χ0n) is 10.4. The SMILES string of the molecule is Cl.Cn1cc([C@H](N)CCC(F)(F)F)c2ccccc21. The van der Waals surface area contributed by atoms with Crippen molar-refractivity contribution in [2.75, 3.05) is 0 Å². The van der Waals surface area contributed by atoms with Crippen LogP contribution in [0, 0.1) is 0 Å². The predicted molar refractivity (Wildman–Crippen MR) is 72.4 cm³/mol. The molecule has 1 atom stereocenters. The van der Waals surface area contributed by atoms with Gasteiger partial charge in [-0.05, 0) is 18.1 Å². The van der Waals surface area contributed by atoms with Crippen LogP contribution in [-0.2, 0) is 7.05 Å². The van der Waals surface area contributed by atoms with Crippen molar-refractivity contribution < 1.29 is 13.2 Å². The lowest BCUT2D eigenvalue weighted by atomic mass is 10.0. The highest BCUT2D eigenvalue weighted by Crippen LogP contribution is 2.30. The standard InChI is InChI=1S/C13H15F3N2.ClH/c1-18-8-10(9-4-2-3-5-12(9)18)11(17)6-7-13(14,15)16;/h2-5,8,11H,6-7,17H2,1H3;1H/t11-;/m1./s1. The van der Waals surface area contributed by atoms with Gasteiger partial charge in [-0.1, -0.05) is 18.2 Å². The molecule has 1 aromatic heterocycles. The topological polar surface area (TPSA) is 30.9 Å². The predicted octanol–water partition coefficient (Wildman–Crippen LogP) is 3.94. The van der Waals surface area contributed by atoms with E-state index in [1.165, 1.54) is 0 Å². The molecule has 2 rings (SSSR count). The third-order valence-electron chi connectivity index (χ3n) is 3.07. The third kappa shape index (κ3) is 3.64. The van der Waals surface area contributed by atoms with Gasteiger partial charge in [-0.25, -0.2) is 0 Å². The Morgan fingerprint density at radius 3 is 2.53 bits per heavy atom. The highest BCUT2D eigenvalue weighted by atomic mass is 35.5. The summed E-state index contributed by atoms with van der Waals surface area (Å²) in [5.41, 5.74) is 7.63. The van der Waals surface area contributed by atoms with Crippen molar-refractivity contribution in [2.24, 2.45) is 12.8 Å². The first kappa shape index (κ1) is 15.9. The minimum Gasteiger partial charge on any atom is -0.350 e. The first-order valence-electron chi connectivity index (χ1n) is 5.75. The summed E-state index contributed by atoms with van der Waals surface area (Å²) in [6.07, 6.45) is -3.27. The molecule has 0 saturated heterocycles. The van der Waals surface area contributed by atoms with Crippen molar-refractivity contribution in [2.45, 2.75) is 25.1 Å². The van der Waals surface area contributed by atoms with Crippen molar-refractivity contribution in [1.29, 1.82) is 0 Å². The van der Waals surface area contributed by atoms with Gasteiger partial charge < -0.3 is 10.3 Å². The van der Waals surface area contributed by atoms with Gasteiger partial charge in [0.1, 0.15) is 0 Å². The van der Waals surface area contributed by atoms with Gasteiger partial charge in [0.05, 0.1) is 0 Å². The highest BCUT2D eigenvalue weighted by molar-refractivity contribution is 5.85. The Kier molecular flexibility index (Phi) is 4.87. The molecule has 0 bridgehead atoms. The summed E-state index contributed by atoms with van der Waals surface area (Å²) in [5, 5.41) is 0.926. The fourth-order valence-electron chi connectivity index (χ4n) is 2.14. The zero-order valence-corrected chi connectivity index (χ0v) is 11.3. The number of para-hydroxylation sites is 1. The van der Waals surface area contributed by atoms with Crippen molar-refractivity contribution in [3.8, 4) is 0 Å². The average molecular weight is 293 g/mol. The Morgan fingerprint density at radius 2 is 1.89 bits per heavy atom. The first-order valence-corrected chi connectivity index (χ1v) is 5.75. The molecular weight excluding hydrogens is 277 g/mol. The number of rotatable bonds is 3. The van der Waals surface area contributed by atoms with E-state index in [1.54, 1.807) is 0 Å². The van der Waals surface area contributed by atoms with Gasteiger partial charge in [-0.2, -0.15) is 13.2 Å². The maximum absolute atomic E-state index is 12.2. The maximum Gasteiger partial charge on any atom is 0.389 e. The summed E-state index contributed by atoms with van der Waals surface area (Å²) in [6.45, 7) is 0. The number of benzene rings is 1. The normalized spacial score (nSPS) is 13.3. The minimum absolute atomic E-state index is 0. The van der Waals surface area contributed by atoms with Crippen LogP contribution in [-0.4, -0.2) is 10.7 Å². The van der Waals surface area contributed by atoms with Crippen LogP contribution >= 0.6 is 12.4 Å².